The van der Waals surface area contributed by atoms with Crippen LogP contribution in [0.15, 0.2) is 18.5 Å². The number of rotatable bonds is 6. The van der Waals surface area contributed by atoms with E-state index in [0.29, 0.717) is 12.5 Å². The van der Waals surface area contributed by atoms with Crippen molar-refractivity contribution in [1.29, 1.82) is 0 Å². The van der Waals surface area contributed by atoms with Crippen molar-refractivity contribution in [3.05, 3.63) is 35.4 Å². The van der Waals surface area contributed by atoms with E-state index >= 15 is 0 Å². The summed E-state index contributed by atoms with van der Waals surface area (Å²) in [6.45, 7) is 5.89. The number of nitrogens with one attached hydrogen (secondary N) is 1. The van der Waals surface area contributed by atoms with Gasteiger partial charge in [-0.2, -0.15) is 5.10 Å². The second-order valence-electron chi connectivity index (χ2n) is 7.21. The predicted molar refractivity (Wildman–Crippen MR) is 98.9 cm³/mol. The van der Waals surface area contributed by atoms with Crippen molar-refractivity contribution in [2.75, 3.05) is 18.0 Å². The number of fused-ring (bicyclic) bond motifs is 2. The number of carbonyl (C=O) groups is 1. The summed E-state index contributed by atoms with van der Waals surface area (Å²) < 4.78 is 0. The number of carbonyl (C=O) groups excluding carboxylic acids is 1. The fraction of sp³-hybridized carbons (Fsp3) is 0.579. The Hall–Kier alpha value is -2.44. The van der Waals surface area contributed by atoms with Gasteiger partial charge in [0.15, 0.2) is 0 Å². The second-order valence-corrected chi connectivity index (χ2v) is 7.21. The van der Waals surface area contributed by atoms with Gasteiger partial charge in [-0.05, 0) is 37.3 Å². The first-order valence-electron chi connectivity index (χ1n) is 9.58. The van der Waals surface area contributed by atoms with Gasteiger partial charge in [0.1, 0.15) is 0 Å². The summed E-state index contributed by atoms with van der Waals surface area (Å²) in [5.74, 6) is 1.09. The molecule has 0 radical (unpaired) electrons. The minimum atomic E-state index is 0.246. The van der Waals surface area contributed by atoms with E-state index in [1.54, 1.807) is 6.20 Å². The molecule has 4 heterocycles. The van der Waals surface area contributed by atoms with Gasteiger partial charge in [-0.15, -0.1) is 0 Å². The lowest BCUT2D eigenvalue weighted by Crippen LogP contribution is -2.49. The molecule has 26 heavy (non-hydrogen) atoms. The van der Waals surface area contributed by atoms with Crippen LogP contribution in [-0.4, -0.2) is 56.1 Å². The number of aromatic nitrogens is 4. The molecule has 2 fully saturated rings. The van der Waals surface area contributed by atoms with Gasteiger partial charge in [0, 0.05) is 37.1 Å². The van der Waals surface area contributed by atoms with Crippen molar-refractivity contribution in [1.82, 2.24) is 25.1 Å². The Labute approximate surface area is 153 Å². The Morgan fingerprint density at radius 3 is 2.54 bits per heavy atom. The molecule has 138 valence electrons. The van der Waals surface area contributed by atoms with Crippen LogP contribution in [0, 0.1) is 0 Å². The number of anilines is 1. The SMILES string of the molecule is CCc1cc(CC)nc(N2C[C@@H]3C[C@H]2CN3C(=O)CCc2cn[nH]c2)n1. The molecule has 0 unspecified atom stereocenters. The Kier molecular flexibility index (Phi) is 4.61. The van der Waals surface area contributed by atoms with Crippen LogP contribution in [-0.2, 0) is 24.1 Å². The molecule has 1 N–H and O–H groups in total. The van der Waals surface area contributed by atoms with Crippen LogP contribution in [0.5, 0.6) is 0 Å². The molecule has 2 aromatic heterocycles. The van der Waals surface area contributed by atoms with Crippen molar-refractivity contribution < 1.29 is 4.79 Å². The molecule has 4 rings (SSSR count). The van der Waals surface area contributed by atoms with E-state index in [1.807, 2.05) is 6.20 Å². The standard InChI is InChI=1S/C19H26N6O/c1-3-14-7-15(4-2)23-19(22-14)25-12-16-8-17(25)11-24(16)18(26)6-5-13-9-20-21-10-13/h7,9-10,16-17H,3-6,8,11-12H2,1-2H3,(H,20,21)/t16-,17-/m0/s1. The molecule has 0 aliphatic carbocycles. The quantitative estimate of drug-likeness (QED) is 0.855. The molecule has 0 spiro atoms. The van der Waals surface area contributed by atoms with Crippen LogP contribution < -0.4 is 4.90 Å². The maximum Gasteiger partial charge on any atom is 0.226 e. The smallest absolute Gasteiger partial charge is 0.226 e. The summed E-state index contributed by atoms with van der Waals surface area (Å²) in [5, 5.41) is 6.73. The first kappa shape index (κ1) is 17.0. The van der Waals surface area contributed by atoms with E-state index < -0.39 is 0 Å². The van der Waals surface area contributed by atoms with Crippen LogP contribution >= 0.6 is 0 Å². The first-order valence-corrected chi connectivity index (χ1v) is 9.58. The Morgan fingerprint density at radius 1 is 1.19 bits per heavy atom. The molecule has 2 atom stereocenters. The molecule has 1 amide bonds. The van der Waals surface area contributed by atoms with Gasteiger partial charge in [-0.3, -0.25) is 9.89 Å². The zero-order valence-corrected chi connectivity index (χ0v) is 15.5. The van der Waals surface area contributed by atoms with Crippen LogP contribution in [0.25, 0.3) is 0 Å². The predicted octanol–water partition coefficient (Wildman–Crippen LogP) is 1.75. The highest BCUT2D eigenvalue weighted by Gasteiger charge is 2.46. The fourth-order valence-electron chi connectivity index (χ4n) is 4.06. The van der Waals surface area contributed by atoms with Gasteiger partial charge in [0.25, 0.3) is 0 Å². The summed E-state index contributed by atoms with van der Waals surface area (Å²) in [6.07, 6.45) is 7.80. The lowest BCUT2D eigenvalue weighted by Gasteiger charge is -2.34. The van der Waals surface area contributed by atoms with Crippen molar-refractivity contribution in [2.45, 2.75) is 58.0 Å². The maximum atomic E-state index is 12.6. The van der Waals surface area contributed by atoms with Crippen LogP contribution in [0.2, 0.25) is 0 Å². The first-order chi connectivity index (χ1) is 12.7. The number of hydrogen-bond donors (Lipinski definition) is 1. The lowest BCUT2D eigenvalue weighted by molar-refractivity contribution is -0.132. The molecule has 7 nitrogen and oxygen atoms in total. The molecular weight excluding hydrogens is 328 g/mol. The van der Waals surface area contributed by atoms with Gasteiger partial charge in [0.05, 0.1) is 18.3 Å². The number of hydrogen-bond acceptors (Lipinski definition) is 5. The minimum Gasteiger partial charge on any atom is -0.336 e. The van der Waals surface area contributed by atoms with E-state index in [0.717, 1.165) is 61.7 Å². The van der Waals surface area contributed by atoms with Gasteiger partial charge in [-0.25, -0.2) is 9.97 Å². The van der Waals surface area contributed by atoms with Crippen molar-refractivity contribution in [3.8, 4) is 0 Å². The molecule has 2 bridgehead atoms. The second kappa shape index (κ2) is 7.05. The maximum absolute atomic E-state index is 12.6. The van der Waals surface area contributed by atoms with E-state index in [9.17, 15) is 4.79 Å². The number of H-pyrrole nitrogens is 1. The van der Waals surface area contributed by atoms with E-state index in [4.69, 9.17) is 9.97 Å². The summed E-state index contributed by atoms with van der Waals surface area (Å²) in [5.41, 5.74) is 3.28. The van der Waals surface area contributed by atoms with Crippen molar-refractivity contribution in [2.24, 2.45) is 0 Å². The molecular formula is C19H26N6O. The third-order valence-electron chi connectivity index (χ3n) is 5.55. The number of likely N-dealkylation sites (tertiary alicyclic amines) is 1. The summed E-state index contributed by atoms with van der Waals surface area (Å²) in [7, 11) is 0. The molecule has 2 aromatic rings. The Balaban J connectivity index is 1.41. The topological polar surface area (TPSA) is 78.0 Å². The minimum absolute atomic E-state index is 0.246. The monoisotopic (exact) mass is 354 g/mol. The van der Waals surface area contributed by atoms with E-state index in [1.165, 1.54) is 0 Å². The summed E-state index contributed by atoms with van der Waals surface area (Å²) >= 11 is 0. The highest BCUT2D eigenvalue weighted by Crippen LogP contribution is 2.33. The molecule has 2 aliphatic rings. The third-order valence-corrected chi connectivity index (χ3v) is 5.55. The van der Waals surface area contributed by atoms with Gasteiger partial charge >= 0.3 is 0 Å². The lowest BCUT2D eigenvalue weighted by atomic mass is 10.1. The highest BCUT2D eigenvalue weighted by molar-refractivity contribution is 5.78. The molecule has 0 saturated carbocycles. The Bertz CT molecular complexity index is 752. The number of amides is 1. The van der Waals surface area contributed by atoms with Crippen LogP contribution in [0.3, 0.4) is 0 Å². The molecule has 7 heteroatoms. The number of piperazine rings is 1. The Morgan fingerprint density at radius 2 is 1.96 bits per heavy atom. The van der Waals surface area contributed by atoms with Crippen molar-refractivity contribution in [3.63, 3.8) is 0 Å². The van der Waals surface area contributed by atoms with E-state index in [-0.39, 0.29) is 11.9 Å². The van der Waals surface area contributed by atoms with Gasteiger partial charge < -0.3 is 9.80 Å². The number of nitrogens with zero attached hydrogens (tertiary/aromatic N) is 5. The largest absolute Gasteiger partial charge is 0.336 e. The highest BCUT2D eigenvalue weighted by atomic mass is 16.2. The fourth-order valence-corrected chi connectivity index (χ4v) is 4.06. The van der Waals surface area contributed by atoms with Crippen molar-refractivity contribution >= 4 is 11.9 Å². The molecule has 2 aliphatic heterocycles. The normalized spacial score (nSPS) is 21.6. The number of aromatic amines is 1. The number of aryl methyl sites for hydroxylation is 3. The average molecular weight is 354 g/mol. The van der Waals surface area contributed by atoms with Crippen LogP contribution in [0.1, 0.15) is 43.6 Å². The third kappa shape index (κ3) is 3.18. The zero-order valence-electron chi connectivity index (χ0n) is 15.5. The molecule has 2 saturated heterocycles. The van der Waals surface area contributed by atoms with Gasteiger partial charge in [-0.1, -0.05) is 13.8 Å². The zero-order chi connectivity index (χ0) is 18.1. The van der Waals surface area contributed by atoms with E-state index in [2.05, 4.69) is 39.9 Å². The van der Waals surface area contributed by atoms with Crippen LogP contribution in [0.4, 0.5) is 5.95 Å². The summed E-state index contributed by atoms with van der Waals surface area (Å²) in [4.78, 5) is 26.5. The summed E-state index contributed by atoms with van der Waals surface area (Å²) in [6, 6.07) is 2.73. The molecule has 0 aromatic carbocycles. The van der Waals surface area contributed by atoms with Gasteiger partial charge in [0.2, 0.25) is 11.9 Å². The average Bonchev–Trinajstić information content (AvgIpc) is 3.42.